The number of benzene rings is 2. The second kappa shape index (κ2) is 10.2. The number of aryl methyl sites for hydroxylation is 2. The number of rotatable bonds is 5. The number of piperazine rings is 1. The minimum absolute atomic E-state index is 0.0702. The van der Waals surface area contributed by atoms with Gasteiger partial charge in [0, 0.05) is 61.3 Å². The molecule has 0 spiro atoms. The average Bonchev–Trinajstić information content (AvgIpc) is 3.16. The van der Waals surface area contributed by atoms with Gasteiger partial charge in [0.15, 0.2) is 0 Å². The van der Waals surface area contributed by atoms with E-state index in [0.29, 0.717) is 58.8 Å². The molecular formula is C28H30Cl2F3N3O2. The van der Waals surface area contributed by atoms with Crippen molar-refractivity contribution in [3.05, 3.63) is 68.3 Å². The predicted molar refractivity (Wildman–Crippen MR) is 144 cm³/mol. The molecule has 1 fully saturated rings. The summed E-state index contributed by atoms with van der Waals surface area (Å²) >= 11 is 13.2. The fourth-order valence-corrected chi connectivity index (χ4v) is 5.55. The van der Waals surface area contributed by atoms with E-state index in [-0.39, 0.29) is 23.1 Å². The number of Topliss-reactive ketones (excluding diaryl/α,β-unsaturated/α-hetero) is 1. The molecule has 5 nitrogen and oxygen atoms in total. The van der Waals surface area contributed by atoms with Crippen molar-refractivity contribution in [2.75, 3.05) is 26.2 Å². The van der Waals surface area contributed by atoms with Gasteiger partial charge in [0.1, 0.15) is 5.78 Å². The third-order valence-electron chi connectivity index (χ3n) is 7.79. The molecule has 1 aliphatic rings. The first-order valence-corrected chi connectivity index (χ1v) is 13.1. The number of hydrogen-bond acceptors (Lipinski definition) is 3. The maximum absolute atomic E-state index is 13.4. The van der Waals surface area contributed by atoms with E-state index in [9.17, 15) is 22.8 Å². The second-order valence-electron chi connectivity index (χ2n) is 10.4. The summed E-state index contributed by atoms with van der Waals surface area (Å²) in [6.45, 7) is 9.01. The van der Waals surface area contributed by atoms with Crippen LogP contribution in [0, 0.1) is 6.92 Å². The van der Waals surface area contributed by atoms with Crippen LogP contribution in [-0.4, -0.2) is 57.8 Å². The molecular weight excluding hydrogens is 538 g/mol. The molecule has 1 aromatic heterocycles. The lowest BCUT2D eigenvalue weighted by molar-refractivity contribution is -0.137. The number of nitrogens with zero attached hydrogens (tertiary/aromatic N) is 3. The Kier molecular flexibility index (Phi) is 7.64. The van der Waals surface area contributed by atoms with Gasteiger partial charge in [0.25, 0.3) is 5.91 Å². The predicted octanol–water partition coefficient (Wildman–Crippen LogP) is 6.53. The fourth-order valence-electron chi connectivity index (χ4n) is 4.96. The van der Waals surface area contributed by atoms with E-state index >= 15 is 0 Å². The summed E-state index contributed by atoms with van der Waals surface area (Å²) in [5.74, 6) is -0.156. The molecule has 2 aromatic carbocycles. The number of ketones is 1. The maximum Gasteiger partial charge on any atom is 0.416 e. The molecule has 0 radical (unpaired) electrons. The quantitative estimate of drug-likeness (QED) is 0.352. The molecule has 0 bridgehead atoms. The number of hydrogen-bond donors (Lipinski definition) is 0. The fraction of sp³-hybridized carbons (Fsp3) is 0.429. The van der Waals surface area contributed by atoms with Crippen LogP contribution in [0.4, 0.5) is 13.2 Å². The Bertz CT molecular complexity index is 1420. The summed E-state index contributed by atoms with van der Waals surface area (Å²) in [5, 5.41) is 1.31. The van der Waals surface area contributed by atoms with Crippen LogP contribution in [0.15, 0.2) is 30.3 Å². The van der Waals surface area contributed by atoms with Gasteiger partial charge >= 0.3 is 6.18 Å². The van der Waals surface area contributed by atoms with Crippen molar-refractivity contribution < 1.29 is 22.8 Å². The van der Waals surface area contributed by atoms with Crippen LogP contribution in [-0.2, 0) is 24.4 Å². The number of amides is 1. The zero-order valence-corrected chi connectivity index (χ0v) is 23.5. The second-order valence-corrected chi connectivity index (χ2v) is 11.2. The first-order chi connectivity index (χ1) is 17.6. The highest BCUT2D eigenvalue weighted by Crippen LogP contribution is 2.36. The summed E-state index contributed by atoms with van der Waals surface area (Å²) in [7, 11) is 1.70. The number of carbonyl (C=O) groups is 2. The summed E-state index contributed by atoms with van der Waals surface area (Å²) in [4.78, 5) is 29.2. The highest BCUT2D eigenvalue weighted by atomic mass is 35.5. The first kappa shape index (κ1) is 28.5. The van der Waals surface area contributed by atoms with Crippen molar-refractivity contribution in [1.82, 2.24) is 14.4 Å². The number of fused-ring (bicyclic) bond motifs is 1. The largest absolute Gasteiger partial charge is 0.416 e. The van der Waals surface area contributed by atoms with Crippen molar-refractivity contribution in [2.24, 2.45) is 7.05 Å². The van der Waals surface area contributed by atoms with Crippen LogP contribution in [0.25, 0.3) is 10.9 Å². The molecule has 0 N–H and O–H groups in total. The van der Waals surface area contributed by atoms with Gasteiger partial charge in [-0.1, -0.05) is 23.2 Å². The van der Waals surface area contributed by atoms with E-state index in [2.05, 4.69) is 4.90 Å². The van der Waals surface area contributed by atoms with Gasteiger partial charge in [-0.25, -0.2) is 0 Å². The summed E-state index contributed by atoms with van der Waals surface area (Å²) in [6.07, 6.45) is -4.21. The van der Waals surface area contributed by atoms with Crippen LogP contribution in [0.1, 0.15) is 53.5 Å². The molecule has 1 saturated heterocycles. The van der Waals surface area contributed by atoms with Gasteiger partial charge in [0.05, 0.1) is 21.7 Å². The number of halogens is 5. The van der Waals surface area contributed by atoms with Crippen molar-refractivity contribution in [2.45, 2.75) is 45.8 Å². The van der Waals surface area contributed by atoms with Gasteiger partial charge in [-0.05, 0) is 69.2 Å². The van der Waals surface area contributed by atoms with Crippen LogP contribution in [0.3, 0.4) is 0 Å². The zero-order valence-electron chi connectivity index (χ0n) is 22.0. The summed E-state index contributed by atoms with van der Waals surface area (Å²) in [5.41, 5.74) is 1.25. The van der Waals surface area contributed by atoms with Crippen molar-refractivity contribution in [3.8, 4) is 0 Å². The number of aromatic nitrogens is 1. The highest BCUT2D eigenvalue weighted by molar-refractivity contribution is 6.38. The van der Waals surface area contributed by atoms with E-state index in [1.165, 1.54) is 0 Å². The van der Waals surface area contributed by atoms with E-state index in [4.69, 9.17) is 23.2 Å². The van der Waals surface area contributed by atoms with Crippen LogP contribution in [0.5, 0.6) is 0 Å². The SMILES string of the molecule is CC(=O)C(C)(C)N1CCN(C(=O)c2ccc(Cl)c(Cc3cc4c(C)cc(C(F)(F)F)cc4n3C)c2Cl)CC1. The smallest absolute Gasteiger partial charge is 0.347 e. The normalized spacial score (nSPS) is 15.4. The number of alkyl halides is 3. The van der Waals surface area contributed by atoms with Crippen molar-refractivity contribution in [3.63, 3.8) is 0 Å². The zero-order chi connectivity index (χ0) is 28.2. The van der Waals surface area contributed by atoms with Crippen molar-refractivity contribution in [1.29, 1.82) is 0 Å². The van der Waals surface area contributed by atoms with Crippen molar-refractivity contribution >= 4 is 45.8 Å². The molecule has 0 atom stereocenters. The lowest BCUT2D eigenvalue weighted by Gasteiger charge is -2.42. The van der Waals surface area contributed by atoms with Gasteiger partial charge in [0.2, 0.25) is 0 Å². The summed E-state index contributed by atoms with van der Waals surface area (Å²) in [6, 6.07) is 7.34. The van der Waals surface area contributed by atoms with Gasteiger partial charge in [-0.15, -0.1) is 0 Å². The van der Waals surface area contributed by atoms with Crippen LogP contribution >= 0.6 is 23.2 Å². The molecule has 10 heteroatoms. The summed E-state index contributed by atoms with van der Waals surface area (Å²) < 4.78 is 41.8. The maximum atomic E-state index is 13.4. The molecule has 1 aliphatic heterocycles. The molecule has 0 unspecified atom stereocenters. The molecule has 2 heterocycles. The Morgan fingerprint density at radius 3 is 2.21 bits per heavy atom. The molecule has 4 rings (SSSR count). The molecule has 1 amide bonds. The Morgan fingerprint density at radius 1 is 1.00 bits per heavy atom. The molecule has 204 valence electrons. The van der Waals surface area contributed by atoms with E-state index in [1.54, 1.807) is 42.5 Å². The molecule has 3 aromatic rings. The van der Waals surface area contributed by atoms with Gasteiger partial charge in [-0.2, -0.15) is 13.2 Å². The molecule has 0 aliphatic carbocycles. The van der Waals surface area contributed by atoms with Gasteiger partial charge in [-0.3, -0.25) is 14.5 Å². The highest BCUT2D eigenvalue weighted by Gasteiger charge is 2.35. The monoisotopic (exact) mass is 567 g/mol. The average molecular weight is 568 g/mol. The Hall–Kier alpha value is -2.55. The van der Waals surface area contributed by atoms with E-state index in [0.717, 1.165) is 17.8 Å². The number of carbonyl (C=O) groups excluding carboxylic acids is 2. The topological polar surface area (TPSA) is 45.6 Å². The van der Waals surface area contributed by atoms with Crippen LogP contribution in [0.2, 0.25) is 10.0 Å². The minimum atomic E-state index is -4.45. The molecule has 0 saturated carbocycles. The minimum Gasteiger partial charge on any atom is -0.347 e. The Morgan fingerprint density at radius 2 is 1.63 bits per heavy atom. The Balaban J connectivity index is 1.61. The van der Waals surface area contributed by atoms with E-state index < -0.39 is 17.3 Å². The van der Waals surface area contributed by atoms with Gasteiger partial charge < -0.3 is 9.47 Å². The standard InChI is InChI=1S/C28H30Cl2F3N3O2/c1-16-12-18(28(31,32)33)13-24-21(16)14-19(34(24)5)15-22-23(29)7-6-20(25(22)30)26(38)35-8-10-36(11-9-35)27(3,4)17(2)37/h6-7,12-14H,8-11,15H2,1-5H3. The third kappa shape index (κ3) is 5.18. The Labute approximate surface area is 230 Å². The van der Waals surface area contributed by atoms with E-state index in [1.807, 2.05) is 19.9 Å². The molecule has 38 heavy (non-hydrogen) atoms. The van der Waals surface area contributed by atoms with Crippen LogP contribution < -0.4 is 0 Å². The lowest BCUT2D eigenvalue weighted by Crippen LogP contribution is -2.58. The third-order valence-corrected chi connectivity index (χ3v) is 8.57. The first-order valence-electron chi connectivity index (χ1n) is 12.3. The lowest BCUT2D eigenvalue weighted by atomic mass is 9.96.